The molecule has 0 heterocycles. The highest BCUT2D eigenvalue weighted by Crippen LogP contribution is 2.21. The number of hydrogen-bond donors (Lipinski definition) is 2. The minimum absolute atomic E-state index is 0.167. The van der Waals surface area contributed by atoms with Gasteiger partial charge in [0.2, 0.25) is 0 Å². The van der Waals surface area contributed by atoms with Crippen molar-refractivity contribution in [3.63, 3.8) is 0 Å². The van der Waals surface area contributed by atoms with Crippen LogP contribution in [0.2, 0.25) is 0 Å². The first-order valence-corrected chi connectivity index (χ1v) is 6.24. The molecule has 2 atom stereocenters. The zero-order chi connectivity index (χ0) is 12.8. The second-order valence-electron chi connectivity index (χ2n) is 4.62. The molecule has 0 radical (unpaired) electrons. The predicted molar refractivity (Wildman–Crippen MR) is 70.0 cm³/mol. The molecule has 3 heteroatoms. The normalized spacial score (nSPS) is 14.7. The highest BCUT2D eigenvalue weighted by Gasteiger charge is 2.15. The molecule has 96 valence electrons. The number of aliphatic hydroxyl groups is 1. The maximum Gasteiger partial charge on any atom is 0.119 e. The summed E-state index contributed by atoms with van der Waals surface area (Å²) in [6, 6.07) is 7.31. The van der Waals surface area contributed by atoms with Gasteiger partial charge in [-0.25, -0.2) is 0 Å². The highest BCUT2D eigenvalue weighted by molar-refractivity contribution is 5.29. The molecule has 0 spiro atoms. The standard InChI is InChI=1S/C14H23NO2/c1-4-5-13(16)14(15)11-6-8-12(9-7-11)17-10(2)3/h6-10,13-14,16H,4-5,15H2,1-3H3/t13-,14+/m0/s1. The summed E-state index contributed by atoms with van der Waals surface area (Å²) in [5.74, 6) is 0.834. The van der Waals surface area contributed by atoms with Gasteiger partial charge in [-0.15, -0.1) is 0 Å². The van der Waals surface area contributed by atoms with Crippen molar-refractivity contribution in [2.75, 3.05) is 0 Å². The molecule has 0 saturated heterocycles. The van der Waals surface area contributed by atoms with Crippen LogP contribution in [0.15, 0.2) is 24.3 Å². The van der Waals surface area contributed by atoms with Crippen molar-refractivity contribution < 1.29 is 9.84 Å². The van der Waals surface area contributed by atoms with Crippen molar-refractivity contribution >= 4 is 0 Å². The molecule has 1 rings (SSSR count). The molecule has 0 aromatic heterocycles. The third-order valence-corrected chi connectivity index (χ3v) is 2.64. The van der Waals surface area contributed by atoms with Crippen LogP contribution in [0.4, 0.5) is 0 Å². The van der Waals surface area contributed by atoms with Gasteiger partial charge in [-0.05, 0) is 38.0 Å². The van der Waals surface area contributed by atoms with Crippen LogP contribution in [-0.2, 0) is 0 Å². The highest BCUT2D eigenvalue weighted by atomic mass is 16.5. The topological polar surface area (TPSA) is 55.5 Å². The van der Waals surface area contributed by atoms with Gasteiger partial charge in [-0.2, -0.15) is 0 Å². The lowest BCUT2D eigenvalue weighted by molar-refractivity contribution is 0.134. The molecule has 0 aliphatic rings. The van der Waals surface area contributed by atoms with Crippen LogP contribution in [-0.4, -0.2) is 17.3 Å². The second kappa shape index (κ2) is 6.62. The monoisotopic (exact) mass is 237 g/mol. The number of benzene rings is 1. The fourth-order valence-corrected chi connectivity index (χ4v) is 1.74. The van der Waals surface area contributed by atoms with Gasteiger partial charge >= 0.3 is 0 Å². The Morgan fingerprint density at radius 3 is 2.29 bits per heavy atom. The van der Waals surface area contributed by atoms with Gasteiger partial charge in [0.15, 0.2) is 0 Å². The quantitative estimate of drug-likeness (QED) is 0.799. The molecule has 0 unspecified atom stereocenters. The smallest absolute Gasteiger partial charge is 0.119 e. The number of rotatable bonds is 6. The van der Waals surface area contributed by atoms with Crippen molar-refractivity contribution in [2.45, 2.75) is 51.9 Å². The van der Waals surface area contributed by atoms with Crippen molar-refractivity contribution in [3.05, 3.63) is 29.8 Å². The summed E-state index contributed by atoms with van der Waals surface area (Å²) in [7, 11) is 0. The Labute approximate surface area is 104 Å². The van der Waals surface area contributed by atoms with E-state index in [0.717, 1.165) is 24.2 Å². The van der Waals surface area contributed by atoms with Crippen LogP contribution < -0.4 is 10.5 Å². The van der Waals surface area contributed by atoms with Crippen LogP contribution in [0, 0.1) is 0 Å². The summed E-state index contributed by atoms with van der Waals surface area (Å²) in [4.78, 5) is 0. The van der Waals surface area contributed by atoms with E-state index in [1.807, 2.05) is 45.0 Å². The number of hydrogen-bond acceptors (Lipinski definition) is 3. The van der Waals surface area contributed by atoms with E-state index in [1.165, 1.54) is 0 Å². The van der Waals surface area contributed by atoms with E-state index in [1.54, 1.807) is 0 Å². The maximum absolute atomic E-state index is 9.83. The Balaban J connectivity index is 2.66. The lowest BCUT2D eigenvalue weighted by atomic mass is 9.99. The Morgan fingerprint density at radius 2 is 1.82 bits per heavy atom. The number of ether oxygens (including phenoxy) is 1. The Bertz CT molecular complexity index is 321. The first-order valence-electron chi connectivity index (χ1n) is 6.24. The van der Waals surface area contributed by atoms with E-state index >= 15 is 0 Å². The van der Waals surface area contributed by atoms with E-state index in [-0.39, 0.29) is 12.1 Å². The minimum Gasteiger partial charge on any atom is -0.491 e. The predicted octanol–water partition coefficient (Wildman–Crippen LogP) is 2.63. The summed E-state index contributed by atoms with van der Waals surface area (Å²) < 4.78 is 5.55. The van der Waals surface area contributed by atoms with E-state index in [0.29, 0.717) is 0 Å². The molecule has 1 aromatic rings. The Hall–Kier alpha value is -1.06. The Morgan fingerprint density at radius 1 is 1.24 bits per heavy atom. The van der Waals surface area contributed by atoms with Gasteiger partial charge < -0.3 is 15.6 Å². The molecule has 0 fully saturated rings. The minimum atomic E-state index is -0.475. The lowest BCUT2D eigenvalue weighted by Crippen LogP contribution is -2.25. The number of nitrogens with two attached hydrogens (primary N) is 1. The SMILES string of the molecule is CCC[C@H](O)[C@H](N)c1ccc(OC(C)C)cc1. The Kier molecular flexibility index (Phi) is 5.45. The fraction of sp³-hybridized carbons (Fsp3) is 0.571. The summed E-state index contributed by atoms with van der Waals surface area (Å²) in [6.07, 6.45) is 1.35. The molecule has 0 aliphatic carbocycles. The summed E-state index contributed by atoms with van der Waals surface area (Å²) in [5, 5.41) is 9.83. The van der Waals surface area contributed by atoms with Gasteiger partial charge in [-0.1, -0.05) is 25.5 Å². The summed E-state index contributed by atoms with van der Waals surface area (Å²) in [5.41, 5.74) is 6.93. The molecule has 0 amide bonds. The van der Waals surface area contributed by atoms with Gasteiger partial charge in [0.1, 0.15) is 5.75 Å². The molecule has 0 saturated carbocycles. The van der Waals surface area contributed by atoms with E-state index in [2.05, 4.69) is 0 Å². The van der Waals surface area contributed by atoms with Crippen LogP contribution in [0.5, 0.6) is 5.75 Å². The molecule has 3 nitrogen and oxygen atoms in total. The van der Waals surface area contributed by atoms with E-state index in [9.17, 15) is 5.11 Å². The molecule has 0 bridgehead atoms. The second-order valence-corrected chi connectivity index (χ2v) is 4.62. The van der Waals surface area contributed by atoms with Crippen molar-refractivity contribution in [3.8, 4) is 5.75 Å². The van der Waals surface area contributed by atoms with E-state index < -0.39 is 6.10 Å². The van der Waals surface area contributed by atoms with Gasteiger partial charge in [-0.3, -0.25) is 0 Å². The summed E-state index contributed by atoms with van der Waals surface area (Å²) >= 11 is 0. The average molecular weight is 237 g/mol. The third-order valence-electron chi connectivity index (χ3n) is 2.64. The molecule has 1 aromatic carbocycles. The largest absolute Gasteiger partial charge is 0.491 e. The lowest BCUT2D eigenvalue weighted by Gasteiger charge is -2.19. The molecular weight excluding hydrogens is 214 g/mol. The summed E-state index contributed by atoms with van der Waals surface area (Å²) in [6.45, 7) is 6.02. The van der Waals surface area contributed by atoms with Gasteiger partial charge in [0.05, 0.1) is 18.2 Å². The van der Waals surface area contributed by atoms with Gasteiger partial charge in [0.25, 0.3) is 0 Å². The van der Waals surface area contributed by atoms with Gasteiger partial charge in [0, 0.05) is 0 Å². The zero-order valence-electron chi connectivity index (χ0n) is 10.9. The third kappa shape index (κ3) is 4.36. The van der Waals surface area contributed by atoms with Crippen LogP contribution >= 0.6 is 0 Å². The van der Waals surface area contributed by atoms with Crippen LogP contribution in [0.1, 0.15) is 45.2 Å². The van der Waals surface area contributed by atoms with Crippen LogP contribution in [0.3, 0.4) is 0 Å². The average Bonchev–Trinajstić information content (AvgIpc) is 2.28. The molecule has 3 N–H and O–H groups in total. The fourth-order valence-electron chi connectivity index (χ4n) is 1.74. The first-order chi connectivity index (χ1) is 8.04. The molecule has 17 heavy (non-hydrogen) atoms. The zero-order valence-corrected chi connectivity index (χ0v) is 10.9. The maximum atomic E-state index is 9.83. The van der Waals surface area contributed by atoms with Crippen LogP contribution in [0.25, 0.3) is 0 Å². The van der Waals surface area contributed by atoms with Crippen molar-refractivity contribution in [1.82, 2.24) is 0 Å². The first kappa shape index (κ1) is 14.0. The van der Waals surface area contributed by atoms with Crippen molar-refractivity contribution in [2.24, 2.45) is 5.73 Å². The molecule has 0 aliphatic heterocycles. The number of aliphatic hydroxyl groups excluding tert-OH is 1. The van der Waals surface area contributed by atoms with Crippen molar-refractivity contribution in [1.29, 1.82) is 0 Å². The van der Waals surface area contributed by atoms with E-state index in [4.69, 9.17) is 10.5 Å². The molecular formula is C14H23NO2.